The minimum absolute atomic E-state index is 0.0937. The molecular formula is C7H5Cl2F3N2O. The van der Waals surface area contributed by atoms with Crippen molar-refractivity contribution in [3.05, 3.63) is 16.4 Å². The maximum atomic E-state index is 12.1. The largest absolute Gasteiger partial charge is 0.478 e. The van der Waals surface area contributed by atoms with Gasteiger partial charge in [-0.1, -0.05) is 23.2 Å². The van der Waals surface area contributed by atoms with Crippen molar-refractivity contribution in [2.45, 2.75) is 19.2 Å². The van der Waals surface area contributed by atoms with Crippen molar-refractivity contribution in [1.82, 2.24) is 10.2 Å². The number of rotatable bonds is 2. The Morgan fingerprint density at radius 1 is 1.33 bits per heavy atom. The Bertz CT molecular complexity index is 359. The predicted molar refractivity (Wildman–Crippen MR) is 48.2 cm³/mol. The van der Waals surface area contributed by atoms with E-state index in [4.69, 9.17) is 23.2 Å². The van der Waals surface area contributed by atoms with Gasteiger partial charge in [0, 0.05) is 6.07 Å². The summed E-state index contributed by atoms with van der Waals surface area (Å²) in [7, 11) is 0. The van der Waals surface area contributed by atoms with Crippen LogP contribution in [0.4, 0.5) is 13.2 Å². The third-order valence-electron chi connectivity index (χ3n) is 1.45. The highest BCUT2D eigenvalue weighted by Crippen LogP contribution is 2.29. The van der Waals surface area contributed by atoms with Crippen LogP contribution in [0.1, 0.15) is 6.92 Å². The molecule has 0 fully saturated rings. The van der Waals surface area contributed by atoms with E-state index in [0.717, 1.165) is 13.0 Å². The molecule has 0 aliphatic heterocycles. The van der Waals surface area contributed by atoms with Crippen molar-refractivity contribution in [3.63, 3.8) is 0 Å². The molecule has 0 radical (unpaired) electrons. The summed E-state index contributed by atoms with van der Waals surface area (Å²) in [6.45, 7) is 0.852. The lowest BCUT2D eigenvalue weighted by atomic mass is 10.4. The van der Waals surface area contributed by atoms with Crippen LogP contribution in [0.25, 0.3) is 0 Å². The van der Waals surface area contributed by atoms with Crippen LogP contribution in [-0.2, 0) is 0 Å². The van der Waals surface area contributed by atoms with Gasteiger partial charge in [-0.15, -0.1) is 10.2 Å². The second kappa shape index (κ2) is 4.40. The fourth-order valence-corrected chi connectivity index (χ4v) is 0.951. The molecule has 0 saturated heterocycles. The molecular weight excluding hydrogens is 256 g/mol. The number of hydrogen-bond acceptors (Lipinski definition) is 3. The molecule has 0 saturated carbocycles. The first kappa shape index (κ1) is 12.3. The summed E-state index contributed by atoms with van der Waals surface area (Å²) >= 11 is 10.9. The molecule has 1 atom stereocenters. The van der Waals surface area contributed by atoms with Crippen LogP contribution in [0.5, 0.6) is 5.75 Å². The van der Waals surface area contributed by atoms with E-state index in [9.17, 15) is 13.2 Å². The van der Waals surface area contributed by atoms with E-state index in [-0.39, 0.29) is 16.1 Å². The fourth-order valence-electron chi connectivity index (χ4n) is 0.677. The third kappa shape index (κ3) is 3.39. The van der Waals surface area contributed by atoms with Gasteiger partial charge in [-0.3, -0.25) is 0 Å². The van der Waals surface area contributed by atoms with E-state index in [2.05, 4.69) is 14.9 Å². The lowest BCUT2D eigenvalue weighted by Crippen LogP contribution is -2.31. The summed E-state index contributed by atoms with van der Waals surface area (Å²) < 4.78 is 40.9. The Kier molecular flexibility index (Phi) is 3.62. The molecule has 15 heavy (non-hydrogen) atoms. The molecule has 0 bridgehead atoms. The van der Waals surface area contributed by atoms with Crippen molar-refractivity contribution in [2.75, 3.05) is 0 Å². The Morgan fingerprint density at radius 3 is 2.47 bits per heavy atom. The molecule has 0 amide bonds. The minimum atomic E-state index is -4.47. The second-order valence-electron chi connectivity index (χ2n) is 2.62. The van der Waals surface area contributed by atoms with Crippen LogP contribution in [0, 0.1) is 0 Å². The van der Waals surface area contributed by atoms with E-state index < -0.39 is 12.3 Å². The maximum Gasteiger partial charge on any atom is 0.425 e. The molecule has 0 aliphatic rings. The van der Waals surface area contributed by atoms with Crippen molar-refractivity contribution in [1.29, 1.82) is 0 Å². The Hall–Kier alpha value is -0.750. The second-order valence-corrected chi connectivity index (χ2v) is 3.37. The van der Waals surface area contributed by atoms with E-state index >= 15 is 0 Å². The van der Waals surface area contributed by atoms with Gasteiger partial charge in [0.15, 0.2) is 22.2 Å². The number of halogens is 5. The minimum Gasteiger partial charge on any atom is -0.478 e. The van der Waals surface area contributed by atoms with Gasteiger partial charge in [-0.05, 0) is 6.92 Å². The lowest BCUT2D eigenvalue weighted by molar-refractivity contribution is -0.189. The average Bonchev–Trinajstić information content (AvgIpc) is 2.09. The first-order valence-corrected chi connectivity index (χ1v) is 4.48. The van der Waals surface area contributed by atoms with Crippen LogP contribution >= 0.6 is 23.2 Å². The Morgan fingerprint density at radius 2 is 1.93 bits per heavy atom. The van der Waals surface area contributed by atoms with Crippen LogP contribution in [0.2, 0.25) is 10.3 Å². The van der Waals surface area contributed by atoms with E-state index in [0.29, 0.717) is 0 Å². The van der Waals surface area contributed by atoms with Gasteiger partial charge < -0.3 is 4.74 Å². The molecule has 3 nitrogen and oxygen atoms in total. The van der Waals surface area contributed by atoms with Crippen LogP contribution in [0.15, 0.2) is 6.07 Å². The number of nitrogens with zero attached hydrogens (tertiary/aromatic N) is 2. The summed E-state index contributed by atoms with van der Waals surface area (Å²) in [5, 5.41) is 6.27. The molecule has 8 heteroatoms. The molecule has 0 aliphatic carbocycles. The van der Waals surface area contributed by atoms with Crippen molar-refractivity contribution in [3.8, 4) is 5.75 Å². The van der Waals surface area contributed by atoms with Gasteiger partial charge in [-0.25, -0.2) is 0 Å². The van der Waals surface area contributed by atoms with Crippen molar-refractivity contribution >= 4 is 23.2 Å². The summed E-state index contributed by atoms with van der Waals surface area (Å²) in [6.07, 6.45) is -6.46. The molecule has 0 aromatic carbocycles. The Balaban J connectivity index is 2.85. The molecule has 1 aromatic heterocycles. The van der Waals surface area contributed by atoms with Crippen LogP contribution in [0.3, 0.4) is 0 Å². The summed E-state index contributed by atoms with van der Waals surface area (Å²) in [6, 6.07) is 1.07. The highest BCUT2D eigenvalue weighted by Gasteiger charge is 2.38. The highest BCUT2D eigenvalue weighted by atomic mass is 35.5. The number of aromatic nitrogens is 2. The molecule has 0 N–H and O–H groups in total. The zero-order valence-corrected chi connectivity index (χ0v) is 8.86. The standard InChI is InChI=1S/C7H5Cl2F3N2O/c1-3(7(10,11)12)15-4-2-5(8)13-14-6(4)9/h2-3H,1H3. The zero-order valence-electron chi connectivity index (χ0n) is 7.35. The number of hydrogen-bond donors (Lipinski definition) is 0. The zero-order chi connectivity index (χ0) is 11.6. The van der Waals surface area contributed by atoms with Crippen LogP contribution < -0.4 is 4.74 Å². The topological polar surface area (TPSA) is 35.0 Å². The van der Waals surface area contributed by atoms with E-state index in [1.165, 1.54) is 0 Å². The number of ether oxygens (including phenoxy) is 1. The summed E-state index contributed by atoms with van der Waals surface area (Å²) in [5.74, 6) is -0.249. The van der Waals surface area contributed by atoms with Gasteiger partial charge in [-0.2, -0.15) is 13.2 Å². The summed E-state index contributed by atoms with van der Waals surface area (Å²) in [5.41, 5.74) is 0. The molecule has 1 rings (SSSR count). The van der Waals surface area contributed by atoms with E-state index in [1.54, 1.807) is 0 Å². The fraction of sp³-hybridized carbons (Fsp3) is 0.429. The van der Waals surface area contributed by atoms with Crippen molar-refractivity contribution in [2.24, 2.45) is 0 Å². The SMILES string of the molecule is CC(Oc1cc(Cl)nnc1Cl)C(F)(F)F. The normalized spacial score (nSPS) is 13.7. The van der Waals surface area contributed by atoms with Gasteiger partial charge >= 0.3 is 6.18 Å². The summed E-state index contributed by atoms with van der Waals surface area (Å²) in [4.78, 5) is 0. The van der Waals surface area contributed by atoms with Gasteiger partial charge in [0.25, 0.3) is 0 Å². The predicted octanol–water partition coefficient (Wildman–Crippen LogP) is 3.11. The quantitative estimate of drug-likeness (QED) is 0.820. The molecule has 84 valence electrons. The van der Waals surface area contributed by atoms with Crippen molar-refractivity contribution < 1.29 is 17.9 Å². The molecule has 1 unspecified atom stereocenters. The maximum absolute atomic E-state index is 12.1. The van der Waals surface area contributed by atoms with E-state index in [1.807, 2.05) is 0 Å². The molecule has 0 spiro atoms. The van der Waals surface area contributed by atoms with Gasteiger partial charge in [0.2, 0.25) is 0 Å². The third-order valence-corrected chi connectivity index (χ3v) is 1.90. The highest BCUT2D eigenvalue weighted by molar-refractivity contribution is 6.32. The monoisotopic (exact) mass is 260 g/mol. The first-order valence-electron chi connectivity index (χ1n) is 3.73. The lowest BCUT2D eigenvalue weighted by Gasteiger charge is -2.17. The molecule has 1 aromatic rings. The van der Waals surface area contributed by atoms with Crippen LogP contribution in [-0.4, -0.2) is 22.5 Å². The first-order chi connectivity index (χ1) is 6.80. The number of alkyl halides is 3. The Labute approximate surface area is 93.2 Å². The van der Waals surface area contributed by atoms with Gasteiger partial charge in [0.05, 0.1) is 0 Å². The average molecular weight is 261 g/mol. The molecule has 1 heterocycles. The smallest absolute Gasteiger partial charge is 0.425 e. The van der Waals surface area contributed by atoms with Gasteiger partial charge in [0.1, 0.15) is 0 Å².